The highest BCUT2D eigenvalue weighted by molar-refractivity contribution is 9.08. The highest BCUT2D eigenvalue weighted by atomic mass is 79.9. The highest BCUT2D eigenvalue weighted by Gasteiger charge is 2.30. The summed E-state index contributed by atoms with van der Waals surface area (Å²) < 4.78 is 13.4. The molecule has 1 fully saturated rings. The van der Waals surface area contributed by atoms with E-state index in [9.17, 15) is 4.39 Å². The highest BCUT2D eigenvalue weighted by Crippen LogP contribution is 2.36. The minimum Gasteiger partial charge on any atom is -0.364 e. The summed E-state index contributed by atoms with van der Waals surface area (Å²) in [4.78, 5) is 2.41. The standard InChI is InChI=1S/C15H15BrFNS/c16-8-12-7-13(17)1-4-15(12)18(14-2-3-14)9-11-5-6-19-10-11/h1,4-7,10,14H,2-3,8-9H2. The first kappa shape index (κ1) is 13.1. The summed E-state index contributed by atoms with van der Waals surface area (Å²) in [5.74, 6) is -0.163. The molecule has 1 aromatic heterocycles. The van der Waals surface area contributed by atoms with Gasteiger partial charge in [0.1, 0.15) is 5.82 Å². The van der Waals surface area contributed by atoms with Crippen LogP contribution in [0.1, 0.15) is 24.0 Å². The van der Waals surface area contributed by atoms with Gasteiger partial charge in [-0.3, -0.25) is 0 Å². The first-order valence-corrected chi connectivity index (χ1v) is 8.46. The van der Waals surface area contributed by atoms with E-state index in [1.807, 2.05) is 6.07 Å². The van der Waals surface area contributed by atoms with Crippen molar-refractivity contribution in [2.75, 3.05) is 4.90 Å². The normalized spacial score (nSPS) is 14.6. The molecular formula is C15H15BrFNS. The van der Waals surface area contributed by atoms with Crippen molar-refractivity contribution in [3.8, 4) is 0 Å². The summed E-state index contributed by atoms with van der Waals surface area (Å²) in [6.45, 7) is 0.916. The van der Waals surface area contributed by atoms with Crippen LogP contribution >= 0.6 is 27.3 Å². The van der Waals surface area contributed by atoms with Crippen molar-refractivity contribution in [1.82, 2.24) is 0 Å². The summed E-state index contributed by atoms with van der Waals surface area (Å²) in [5, 5.41) is 4.98. The van der Waals surface area contributed by atoms with E-state index in [0.717, 1.165) is 17.8 Å². The predicted octanol–water partition coefficient (Wildman–Crippen LogP) is 4.95. The average Bonchev–Trinajstić information content (AvgIpc) is 3.13. The van der Waals surface area contributed by atoms with Crippen LogP contribution < -0.4 is 4.90 Å². The van der Waals surface area contributed by atoms with Gasteiger partial charge in [-0.25, -0.2) is 4.39 Å². The third-order valence-electron chi connectivity index (χ3n) is 3.42. The number of benzene rings is 1. The third-order valence-corrected chi connectivity index (χ3v) is 4.75. The molecule has 1 heterocycles. The van der Waals surface area contributed by atoms with Crippen LogP contribution in [0.25, 0.3) is 0 Å². The van der Waals surface area contributed by atoms with Crippen molar-refractivity contribution in [1.29, 1.82) is 0 Å². The molecule has 0 bridgehead atoms. The van der Waals surface area contributed by atoms with Gasteiger partial charge < -0.3 is 4.90 Å². The lowest BCUT2D eigenvalue weighted by Crippen LogP contribution is -2.25. The summed E-state index contributed by atoms with van der Waals surface area (Å²) in [7, 11) is 0. The Balaban J connectivity index is 1.91. The second kappa shape index (κ2) is 5.63. The molecule has 0 spiro atoms. The van der Waals surface area contributed by atoms with Gasteiger partial charge in [0.15, 0.2) is 0 Å². The molecule has 0 amide bonds. The van der Waals surface area contributed by atoms with Crippen molar-refractivity contribution in [2.24, 2.45) is 0 Å². The van der Waals surface area contributed by atoms with Crippen LogP contribution in [0.15, 0.2) is 35.0 Å². The van der Waals surface area contributed by atoms with Gasteiger partial charge in [0.25, 0.3) is 0 Å². The first-order valence-electron chi connectivity index (χ1n) is 6.40. The maximum Gasteiger partial charge on any atom is 0.123 e. The van der Waals surface area contributed by atoms with E-state index in [2.05, 4.69) is 37.7 Å². The van der Waals surface area contributed by atoms with Gasteiger partial charge in [-0.05, 0) is 59.0 Å². The number of rotatable bonds is 5. The number of nitrogens with zero attached hydrogens (tertiary/aromatic N) is 1. The number of anilines is 1. The molecule has 0 saturated heterocycles. The fourth-order valence-corrected chi connectivity index (χ4v) is 3.43. The number of hydrogen-bond acceptors (Lipinski definition) is 2. The van der Waals surface area contributed by atoms with Crippen LogP contribution in [-0.4, -0.2) is 6.04 Å². The fourth-order valence-electron chi connectivity index (χ4n) is 2.32. The van der Waals surface area contributed by atoms with E-state index in [-0.39, 0.29) is 5.82 Å². The van der Waals surface area contributed by atoms with E-state index in [1.165, 1.54) is 18.4 Å². The van der Waals surface area contributed by atoms with Crippen molar-refractivity contribution in [2.45, 2.75) is 30.8 Å². The SMILES string of the molecule is Fc1ccc(N(Cc2ccsc2)C2CC2)c(CBr)c1. The second-order valence-corrected chi connectivity index (χ2v) is 6.24. The van der Waals surface area contributed by atoms with Crippen molar-refractivity contribution in [3.63, 3.8) is 0 Å². The summed E-state index contributed by atoms with van der Waals surface area (Å²) >= 11 is 5.19. The minimum absolute atomic E-state index is 0.163. The molecule has 0 radical (unpaired) electrons. The van der Waals surface area contributed by atoms with E-state index < -0.39 is 0 Å². The summed E-state index contributed by atoms with van der Waals surface area (Å²) in [6.07, 6.45) is 2.48. The van der Waals surface area contributed by atoms with Crippen LogP contribution in [-0.2, 0) is 11.9 Å². The Morgan fingerprint density at radius 1 is 1.32 bits per heavy atom. The van der Waals surface area contributed by atoms with Crippen molar-refractivity contribution in [3.05, 3.63) is 52.0 Å². The van der Waals surface area contributed by atoms with E-state index >= 15 is 0 Å². The lowest BCUT2D eigenvalue weighted by Gasteiger charge is -2.26. The molecule has 4 heteroatoms. The summed E-state index contributed by atoms with van der Waals surface area (Å²) in [5.41, 5.74) is 3.52. The van der Waals surface area contributed by atoms with Gasteiger partial charge in [-0.15, -0.1) is 0 Å². The molecule has 0 N–H and O–H groups in total. The summed E-state index contributed by atoms with van der Waals surface area (Å²) in [6, 6.07) is 7.88. The van der Waals surface area contributed by atoms with Gasteiger partial charge in [-0.2, -0.15) is 11.3 Å². The molecule has 0 unspecified atom stereocenters. The van der Waals surface area contributed by atoms with Crippen molar-refractivity contribution < 1.29 is 4.39 Å². The molecular weight excluding hydrogens is 325 g/mol. The van der Waals surface area contributed by atoms with Crippen LogP contribution in [0, 0.1) is 5.82 Å². The maximum atomic E-state index is 13.4. The molecule has 1 aliphatic rings. The van der Waals surface area contributed by atoms with E-state index in [0.29, 0.717) is 11.4 Å². The Hall–Kier alpha value is -0.870. The van der Waals surface area contributed by atoms with Crippen LogP contribution in [0.3, 0.4) is 0 Å². The Morgan fingerprint density at radius 3 is 2.79 bits per heavy atom. The third kappa shape index (κ3) is 3.00. The monoisotopic (exact) mass is 339 g/mol. The predicted molar refractivity (Wildman–Crippen MR) is 82.6 cm³/mol. The largest absolute Gasteiger partial charge is 0.364 e. The van der Waals surface area contributed by atoms with Gasteiger partial charge in [0, 0.05) is 23.6 Å². The molecule has 3 rings (SSSR count). The molecule has 2 aromatic rings. The zero-order valence-corrected chi connectivity index (χ0v) is 12.9. The van der Waals surface area contributed by atoms with E-state index in [1.54, 1.807) is 23.5 Å². The Morgan fingerprint density at radius 2 is 2.16 bits per heavy atom. The van der Waals surface area contributed by atoms with Gasteiger partial charge in [0.2, 0.25) is 0 Å². The zero-order chi connectivity index (χ0) is 13.2. The van der Waals surface area contributed by atoms with Crippen LogP contribution in [0.4, 0.5) is 10.1 Å². The topological polar surface area (TPSA) is 3.24 Å². The Kier molecular flexibility index (Phi) is 3.89. The maximum absolute atomic E-state index is 13.4. The minimum atomic E-state index is -0.163. The number of thiophene rings is 1. The fraction of sp³-hybridized carbons (Fsp3) is 0.333. The molecule has 0 atom stereocenters. The average molecular weight is 340 g/mol. The van der Waals surface area contributed by atoms with Gasteiger partial charge in [-0.1, -0.05) is 15.9 Å². The number of halogens is 2. The number of hydrogen-bond donors (Lipinski definition) is 0. The smallest absolute Gasteiger partial charge is 0.123 e. The molecule has 19 heavy (non-hydrogen) atoms. The van der Waals surface area contributed by atoms with Crippen molar-refractivity contribution >= 4 is 33.0 Å². The van der Waals surface area contributed by atoms with E-state index in [4.69, 9.17) is 0 Å². The molecule has 1 aliphatic carbocycles. The molecule has 1 nitrogen and oxygen atoms in total. The van der Waals surface area contributed by atoms with Gasteiger partial charge >= 0.3 is 0 Å². The quantitative estimate of drug-likeness (QED) is 0.696. The molecule has 100 valence electrons. The zero-order valence-electron chi connectivity index (χ0n) is 10.5. The molecule has 1 aromatic carbocycles. The molecule has 1 saturated carbocycles. The second-order valence-electron chi connectivity index (χ2n) is 4.90. The Labute approximate surface area is 125 Å². The lowest BCUT2D eigenvalue weighted by atomic mass is 10.1. The first-order chi connectivity index (χ1) is 9.28. The van der Waals surface area contributed by atoms with Crippen LogP contribution in [0.5, 0.6) is 0 Å². The molecule has 0 aliphatic heterocycles. The number of alkyl halides is 1. The van der Waals surface area contributed by atoms with Gasteiger partial charge in [0.05, 0.1) is 0 Å². The Bertz CT molecular complexity index is 551. The van der Waals surface area contributed by atoms with Crippen LogP contribution in [0.2, 0.25) is 0 Å². The lowest BCUT2D eigenvalue weighted by molar-refractivity contribution is 0.625.